The van der Waals surface area contributed by atoms with E-state index in [0.29, 0.717) is 11.0 Å². The van der Waals surface area contributed by atoms with E-state index in [0.717, 1.165) is 31.7 Å². The fraction of sp³-hybridized carbons (Fsp3) is 0.417. The lowest BCUT2D eigenvalue weighted by Crippen LogP contribution is -2.15. The van der Waals surface area contributed by atoms with Crippen LogP contribution in [0.5, 0.6) is 0 Å². The third-order valence-electron chi connectivity index (χ3n) is 3.03. The van der Waals surface area contributed by atoms with Gasteiger partial charge in [0.05, 0.1) is 24.5 Å². The van der Waals surface area contributed by atoms with Gasteiger partial charge in [0.2, 0.25) is 5.95 Å². The van der Waals surface area contributed by atoms with E-state index < -0.39 is 0 Å². The average Bonchev–Trinajstić information content (AvgIpc) is 3.01. The molecule has 7 nitrogen and oxygen atoms in total. The molecular formula is C12H15ClN6O. The minimum atomic E-state index is 0.131. The van der Waals surface area contributed by atoms with E-state index in [1.54, 1.807) is 12.3 Å². The minimum Gasteiger partial charge on any atom is -0.376 e. The van der Waals surface area contributed by atoms with Crippen molar-refractivity contribution in [3.63, 3.8) is 0 Å². The first-order chi connectivity index (χ1) is 9.69. The molecule has 2 aromatic heterocycles. The molecule has 106 valence electrons. The molecule has 0 amide bonds. The molecule has 0 spiro atoms. The Balaban J connectivity index is 1.67. The predicted molar refractivity (Wildman–Crippen MR) is 75.9 cm³/mol. The standard InChI is InChI=1S/C12H15ClN6O/c13-10-4-11(18-12(14)17-10)16-8-5-15-19(6-8)7-9-2-1-3-20-9/h4-6,9H,1-3,7H2,(H3,14,16,17,18). The van der Waals surface area contributed by atoms with Crippen molar-refractivity contribution >= 4 is 29.1 Å². The molecule has 1 saturated heterocycles. The highest BCUT2D eigenvalue weighted by molar-refractivity contribution is 6.29. The Hall–Kier alpha value is -1.86. The summed E-state index contributed by atoms with van der Waals surface area (Å²) in [6, 6.07) is 1.61. The highest BCUT2D eigenvalue weighted by atomic mass is 35.5. The summed E-state index contributed by atoms with van der Waals surface area (Å²) in [6.45, 7) is 1.60. The zero-order chi connectivity index (χ0) is 13.9. The van der Waals surface area contributed by atoms with Gasteiger partial charge >= 0.3 is 0 Å². The van der Waals surface area contributed by atoms with E-state index in [1.165, 1.54) is 0 Å². The topological polar surface area (TPSA) is 90.9 Å². The number of aromatic nitrogens is 4. The van der Waals surface area contributed by atoms with Crippen LogP contribution in [-0.2, 0) is 11.3 Å². The van der Waals surface area contributed by atoms with Gasteiger partial charge in [-0.15, -0.1) is 0 Å². The smallest absolute Gasteiger partial charge is 0.223 e. The van der Waals surface area contributed by atoms with Crippen LogP contribution in [-0.4, -0.2) is 32.5 Å². The number of anilines is 3. The number of nitrogen functional groups attached to an aromatic ring is 1. The summed E-state index contributed by atoms with van der Waals surface area (Å²) in [5.74, 6) is 0.672. The maximum atomic E-state index is 5.83. The van der Waals surface area contributed by atoms with Crippen LogP contribution in [0.4, 0.5) is 17.5 Å². The summed E-state index contributed by atoms with van der Waals surface area (Å²) in [5, 5.41) is 7.68. The molecule has 2 aromatic rings. The number of hydrogen-bond donors (Lipinski definition) is 2. The molecule has 1 fully saturated rings. The second kappa shape index (κ2) is 5.64. The molecule has 0 aliphatic carbocycles. The maximum absolute atomic E-state index is 5.83. The van der Waals surface area contributed by atoms with Crippen molar-refractivity contribution < 1.29 is 4.74 Å². The van der Waals surface area contributed by atoms with Gasteiger partial charge in [0.25, 0.3) is 0 Å². The molecule has 1 atom stereocenters. The summed E-state index contributed by atoms with van der Waals surface area (Å²) in [5.41, 5.74) is 6.36. The Kier molecular flexibility index (Phi) is 3.70. The maximum Gasteiger partial charge on any atom is 0.223 e. The first-order valence-electron chi connectivity index (χ1n) is 6.40. The Bertz CT molecular complexity index is 575. The van der Waals surface area contributed by atoms with Crippen molar-refractivity contribution in [2.24, 2.45) is 0 Å². The van der Waals surface area contributed by atoms with Crippen molar-refractivity contribution in [1.29, 1.82) is 0 Å². The summed E-state index contributed by atoms with van der Waals surface area (Å²) in [7, 11) is 0. The van der Waals surface area contributed by atoms with Crippen molar-refractivity contribution in [1.82, 2.24) is 19.7 Å². The van der Waals surface area contributed by atoms with E-state index in [-0.39, 0.29) is 12.1 Å². The van der Waals surface area contributed by atoms with Crippen LogP contribution < -0.4 is 11.1 Å². The van der Waals surface area contributed by atoms with Crippen molar-refractivity contribution in [3.05, 3.63) is 23.6 Å². The Morgan fingerprint density at radius 2 is 2.40 bits per heavy atom. The fourth-order valence-electron chi connectivity index (χ4n) is 2.17. The molecule has 3 N–H and O–H groups in total. The van der Waals surface area contributed by atoms with Crippen LogP contribution in [0.25, 0.3) is 0 Å². The fourth-order valence-corrected chi connectivity index (χ4v) is 2.36. The second-order valence-electron chi connectivity index (χ2n) is 4.65. The second-order valence-corrected chi connectivity index (χ2v) is 5.03. The summed E-state index contributed by atoms with van der Waals surface area (Å²) >= 11 is 5.83. The van der Waals surface area contributed by atoms with Gasteiger partial charge in [0.15, 0.2) is 0 Å². The van der Waals surface area contributed by atoms with Gasteiger partial charge in [0, 0.05) is 18.9 Å². The third kappa shape index (κ3) is 3.17. The first kappa shape index (κ1) is 13.1. The number of ether oxygens (including phenoxy) is 1. The van der Waals surface area contributed by atoms with E-state index in [1.807, 2.05) is 10.9 Å². The van der Waals surface area contributed by atoms with Crippen LogP contribution in [0.3, 0.4) is 0 Å². The molecule has 1 unspecified atom stereocenters. The molecule has 8 heteroatoms. The SMILES string of the molecule is Nc1nc(Cl)cc(Nc2cnn(CC3CCCO3)c2)n1. The van der Waals surface area contributed by atoms with Crippen LogP contribution in [0.15, 0.2) is 18.5 Å². The van der Waals surface area contributed by atoms with Gasteiger partial charge in [-0.3, -0.25) is 4.68 Å². The molecule has 3 rings (SSSR count). The van der Waals surface area contributed by atoms with Gasteiger partial charge in [-0.1, -0.05) is 11.6 Å². The van der Waals surface area contributed by atoms with Crippen LogP contribution in [0.1, 0.15) is 12.8 Å². The molecule has 20 heavy (non-hydrogen) atoms. The molecule has 0 aromatic carbocycles. The van der Waals surface area contributed by atoms with Gasteiger partial charge in [0.1, 0.15) is 11.0 Å². The van der Waals surface area contributed by atoms with Crippen molar-refractivity contribution in [3.8, 4) is 0 Å². The minimum absolute atomic E-state index is 0.131. The Morgan fingerprint density at radius 3 is 3.15 bits per heavy atom. The lowest BCUT2D eigenvalue weighted by Gasteiger charge is -2.08. The Morgan fingerprint density at radius 1 is 1.50 bits per heavy atom. The molecule has 1 aliphatic heterocycles. The summed E-state index contributed by atoms with van der Waals surface area (Å²) in [6.07, 6.45) is 6.08. The van der Waals surface area contributed by atoms with Crippen LogP contribution >= 0.6 is 11.6 Å². The lowest BCUT2D eigenvalue weighted by atomic mass is 10.2. The summed E-state index contributed by atoms with van der Waals surface area (Å²) < 4.78 is 7.43. The van der Waals surface area contributed by atoms with Crippen LogP contribution in [0, 0.1) is 0 Å². The van der Waals surface area contributed by atoms with Crippen LogP contribution in [0.2, 0.25) is 5.15 Å². The largest absolute Gasteiger partial charge is 0.376 e. The molecule has 0 bridgehead atoms. The van der Waals surface area contributed by atoms with Gasteiger partial charge in [-0.25, -0.2) is 4.98 Å². The number of nitrogens with one attached hydrogen (secondary N) is 1. The first-order valence-corrected chi connectivity index (χ1v) is 6.78. The van der Waals surface area contributed by atoms with Crippen molar-refractivity contribution in [2.75, 3.05) is 17.7 Å². The Labute approximate surface area is 121 Å². The quantitative estimate of drug-likeness (QED) is 0.836. The average molecular weight is 295 g/mol. The number of rotatable bonds is 4. The predicted octanol–water partition coefficient (Wildman–Crippen LogP) is 1.83. The van der Waals surface area contributed by atoms with Gasteiger partial charge in [-0.2, -0.15) is 10.1 Å². The molecule has 0 saturated carbocycles. The molecule has 1 aliphatic rings. The normalized spacial score (nSPS) is 18.4. The number of nitrogens with zero attached hydrogens (tertiary/aromatic N) is 4. The number of nitrogens with two attached hydrogens (primary N) is 1. The highest BCUT2D eigenvalue weighted by Gasteiger charge is 2.16. The van der Waals surface area contributed by atoms with E-state index >= 15 is 0 Å². The number of halogens is 1. The zero-order valence-electron chi connectivity index (χ0n) is 10.8. The van der Waals surface area contributed by atoms with E-state index in [4.69, 9.17) is 22.1 Å². The third-order valence-corrected chi connectivity index (χ3v) is 3.23. The van der Waals surface area contributed by atoms with Gasteiger partial charge < -0.3 is 15.8 Å². The molecule has 3 heterocycles. The summed E-state index contributed by atoms with van der Waals surface area (Å²) in [4.78, 5) is 7.86. The highest BCUT2D eigenvalue weighted by Crippen LogP contribution is 2.19. The van der Waals surface area contributed by atoms with E-state index in [2.05, 4.69) is 20.4 Å². The van der Waals surface area contributed by atoms with Crippen molar-refractivity contribution in [2.45, 2.75) is 25.5 Å². The van der Waals surface area contributed by atoms with E-state index in [9.17, 15) is 0 Å². The zero-order valence-corrected chi connectivity index (χ0v) is 11.5. The number of hydrogen-bond acceptors (Lipinski definition) is 6. The lowest BCUT2D eigenvalue weighted by molar-refractivity contribution is 0.0940. The molecular weight excluding hydrogens is 280 g/mol. The monoisotopic (exact) mass is 294 g/mol. The van der Waals surface area contributed by atoms with Gasteiger partial charge in [-0.05, 0) is 12.8 Å². The molecule has 0 radical (unpaired) electrons.